The minimum Gasteiger partial charge on any atom is -0.491 e. The van der Waals surface area contributed by atoms with Gasteiger partial charge in [0.2, 0.25) is 0 Å². The Morgan fingerprint density at radius 3 is 2.67 bits per heavy atom. The summed E-state index contributed by atoms with van der Waals surface area (Å²) in [5, 5.41) is 10.3. The smallest absolute Gasteiger partial charge is 0.123 e. The van der Waals surface area contributed by atoms with Crippen molar-refractivity contribution in [2.75, 3.05) is 32.8 Å². The molecule has 1 aliphatic heterocycles. The Morgan fingerprint density at radius 1 is 1.22 bits per heavy atom. The number of aryl methyl sites for hydroxylation is 2. The first kappa shape index (κ1) is 21.6. The molecule has 0 saturated carbocycles. The molecule has 6 heteroatoms. The number of aliphatic hydroxyl groups is 1. The highest BCUT2D eigenvalue weighted by Gasteiger charge is 2.24. The Hall–Kier alpha value is -1.66. The molecule has 0 bridgehead atoms. The van der Waals surface area contributed by atoms with Gasteiger partial charge in [-0.1, -0.05) is 18.2 Å². The highest BCUT2D eigenvalue weighted by atomic mass is 35.5. The van der Waals surface area contributed by atoms with Gasteiger partial charge >= 0.3 is 0 Å². The average Bonchev–Trinajstić information content (AvgIpc) is 2.59. The van der Waals surface area contributed by atoms with E-state index >= 15 is 0 Å². The van der Waals surface area contributed by atoms with E-state index in [1.807, 2.05) is 32.0 Å². The van der Waals surface area contributed by atoms with Crippen molar-refractivity contribution in [1.29, 1.82) is 0 Å². The normalized spacial score (nSPS) is 18.6. The summed E-state index contributed by atoms with van der Waals surface area (Å²) in [6.07, 6.45) is -0.769. The van der Waals surface area contributed by atoms with Crippen LogP contribution in [0.5, 0.6) is 5.75 Å². The molecule has 2 atom stereocenters. The van der Waals surface area contributed by atoms with Gasteiger partial charge in [0, 0.05) is 19.6 Å². The van der Waals surface area contributed by atoms with Crippen molar-refractivity contribution in [3.8, 4) is 5.75 Å². The third kappa shape index (κ3) is 6.47. The second kappa shape index (κ2) is 10.0. The van der Waals surface area contributed by atoms with E-state index in [1.165, 1.54) is 12.1 Å². The molecule has 1 N–H and O–H groups in total. The maximum Gasteiger partial charge on any atom is 0.123 e. The number of hydrogen-bond donors (Lipinski definition) is 1. The maximum absolute atomic E-state index is 13.4. The molecular formula is C21H27ClFNO3. The molecule has 2 aromatic rings. The van der Waals surface area contributed by atoms with Crippen LogP contribution in [0.4, 0.5) is 4.39 Å². The zero-order valence-corrected chi connectivity index (χ0v) is 16.5. The number of aliphatic hydroxyl groups excluding tert-OH is 1. The lowest BCUT2D eigenvalue weighted by atomic mass is 10.1. The molecule has 0 radical (unpaired) electrons. The first-order valence-corrected chi connectivity index (χ1v) is 8.98. The van der Waals surface area contributed by atoms with Crippen LogP contribution in [0.3, 0.4) is 0 Å². The summed E-state index contributed by atoms with van der Waals surface area (Å²) in [6.45, 7) is 6.72. The summed E-state index contributed by atoms with van der Waals surface area (Å²) in [6, 6.07) is 12.5. The molecule has 0 amide bonds. The molecular weight excluding hydrogens is 369 g/mol. The quantitative estimate of drug-likeness (QED) is 0.810. The summed E-state index contributed by atoms with van der Waals surface area (Å²) >= 11 is 0. The van der Waals surface area contributed by atoms with Gasteiger partial charge in [-0.3, -0.25) is 4.90 Å². The Kier molecular flexibility index (Phi) is 8.05. The van der Waals surface area contributed by atoms with Crippen LogP contribution >= 0.6 is 12.4 Å². The second-order valence-corrected chi connectivity index (χ2v) is 6.96. The van der Waals surface area contributed by atoms with Crippen LogP contribution in [0.1, 0.15) is 22.8 Å². The van der Waals surface area contributed by atoms with Gasteiger partial charge in [0.25, 0.3) is 0 Å². The third-order valence-electron chi connectivity index (χ3n) is 4.48. The zero-order valence-electron chi connectivity index (χ0n) is 15.7. The van der Waals surface area contributed by atoms with Crippen molar-refractivity contribution in [2.24, 2.45) is 0 Å². The number of β-amino-alcohol motifs (C(OH)–C–C–N with tert-alkyl or cyclic N) is 1. The second-order valence-electron chi connectivity index (χ2n) is 6.96. The van der Waals surface area contributed by atoms with Gasteiger partial charge < -0.3 is 14.6 Å². The van der Waals surface area contributed by atoms with E-state index in [9.17, 15) is 9.50 Å². The summed E-state index contributed by atoms with van der Waals surface area (Å²) in [4.78, 5) is 2.13. The van der Waals surface area contributed by atoms with E-state index in [4.69, 9.17) is 9.47 Å². The van der Waals surface area contributed by atoms with Gasteiger partial charge in [0.05, 0.1) is 12.7 Å². The van der Waals surface area contributed by atoms with Gasteiger partial charge in [-0.2, -0.15) is 0 Å². The summed E-state index contributed by atoms with van der Waals surface area (Å²) < 4.78 is 24.9. The predicted molar refractivity (Wildman–Crippen MR) is 106 cm³/mol. The Bertz CT molecular complexity index is 723. The summed E-state index contributed by atoms with van der Waals surface area (Å²) in [5.41, 5.74) is 3.11. The van der Waals surface area contributed by atoms with Crippen molar-refractivity contribution >= 4 is 12.4 Å². The van der Waals surface area contributed by atoms with Crippen molar-refractivity contribution in [2.45, 2.75) is 26.1 Å². The molecule has 2 unspecified atom stereocenters. The number of morpholine rings is 1. The van der Waals surface area contributed by atoms with Crippen LogP contribution in [0, 0.1) is 19.7 Å². The number of hydrogen-bond acceptors (Lipinski definition) is 4. The fraction of sp³-hybridized carbons (Fsp3) is 0.429. The Balaban J connectivity index is 0.00000261. The van der Waals surface area contributed by atoms with Crippen LogP contribution in [-0.4, -0.2) is 49.0 Å². The Labute approximate surface area is 166 Å². The third-order valence-corrected chi connectivity index (χ3v) is 4.48. The van der Waals surface area contributed by atoms with E-state index in [1.54, 1.807) is 6.07 Å². The van der Waals surface area contributed by atoms with Crippen LogP contribution < -0.4 is 4.74 Å². The molecule has 1 saturated heterocycles. The monoisotopic (exact) mass is 395 g/mol. The zero-order chi connectivity index (χ0) is 18.5. The van der Waals surface area contributed by atoms with Crippen LogP contribution in [0.15, 0.2) is 42.5 Å². The SMILES string of the molecule is Cc1cc(C)cc(OCC(O)CN2CCOC(c3cccc(F)c3)C2)c1.Cl. The van der Waals surface area contributed by atoms with Gasteiger partial charge in [0.15, 0.2) is 0 Å². The lowest BCUT2D eigenvalue weighted by Gasteiger charge is -2.34. The van der Waals surface area contributed by atoms with E-state index in [0.717, 1.165) is 29.0 Å². The van der Waals surface area contributed by atoms with Crippen LogP contribution in [-0.2, 0) is 4.74 Å². The van der Waals surface area contributed by atoms with Gasteiger partial charge in [-0.05, 0) is 54.8 Å². The minimum atomic E-state index is -0.595. The van der Waals surface area contributed by atoms with Gasteiger partial charge in [0.1, 0.15) is 24.3 Å². The first-order valence-electron chi connectivity index (χ1n) is 8.98. The summed E-state index contributed by atoms with van der Waals surface area (Å²) in [5.74, 6) is 0.520. The van der Waals surface area contributed by atoms with E-state index < -0.39 is 6.10 Å². The Morgan fingerprint density at radius 2 is 1.96 bits per heavy atom. The van der Waals surface area contributed by atoms with Crippen molar-refractivity contribution in [1.82, 2.24) is 4.90 Å². The van der Waals surface area contributed by atoms with Crippen molar-refractivity contribution in [3.63, 3.8) is 0 Å². The molecule has 2 aromatic carbocycles. The van der Waals surface area contributed by atoms with E-state index in [-0.39, 0.29) is 30.9 Å². The molecule has 3 rings (SSSR count). The minimum absolute atomic E-state index is 0. The number of halogens is 2. The predicted octanol–water partition coefficient (Wildman–Crippen LogP) is 3.68. The van der Waals surface area contributed by atoms with Crippen molar-refractivity contribution in [3.05, 3.63) is 65.0 Å². The standard InChI is InChI=1S/C21H26FNO3.ClH/c1-15-8-16(2)10-20(9-15)26-14-19(24)12-23-6-7-25-21(13-23)17-4-3-5-18(22)11-17;/h3-5,8-11,19,21,24H,6-7,12-14H2,1-2H3;1H. The summed E-state index contributed by atoms with van der Waals surface area (Å²) in [7, 11) is 0. The number of ether oxygens (including phenoxy) is 2. The molecule has 1 aliphatic rings. The molecule has 0 aliphatic carbocycles. The molecule has 4 nitrogen and oxygen atoms in total. The maximum atomic E-state index is 13.4. The number of benzene rings is 2. The molecule has 0 spiro atoms. The van der Waals surface area contributed by atoms with Gasteiger partial charge in [-0.25, -0.2) is 4.39 Å². The van der Waals surface area contributed by atoms with Gasteiger partial charge in [-0.15, -0.1) is 12.4 Å². The number of rotatable bonds is 6. The fourth-order valence-corrected chi connectivity index (χ4v) is 3.34. The highest BCUT2D eigenvalue weighted by Crippen LogP contribution is 2.23. The number of nitrogens with zero attached hydrogens (tertiary/aromatic N) is 1. The average molecular weight is 396 g/mol. The fourth-order valence-electron chi connectivity index (χ4n) is 3.34. The lowest BCUT2D eigenvalue weighted by Crippen LogP contribution is -2.43. The molecule has 1 fully saturated rings. The molecule has 148 valence electrons. The first-order chi connectivity index (χ1) is 12.5. The van der Waals surface area contributed by atoms with E-state index in [2.05, 4.69) is 11.0 Å². The van der Waals surface area contributed by atoms with E-state index in [0.29, 0.717) is 19.7 Å². The topological polar surface area (TPSA) is 41.9 Å². The molecule has 1 heterocycles. The molecule has 27 heavy (non-hydrogen) atoms. The lowest BCUT2D eigenvalue weighted by molar-refractivity contribution is -0.0460. The van der Waals surface area contributed by atoms with Crippen LogP contribution in [0.25, 0.3) is 0 Å². The van der Waals surface area contributed by atoms with Crippen molar-refractivity contribution < 1.29 is 19.0 Å². The van der Waals surface area contributed by atoms with Crippen LogP contribution in [0.2, 0.25) is 0 Å². The largest absolute Gasteiger partial charge is 0.491 e. The highest BCUT2D eigenvalue weighted by molar-refractivity contribution is 5.85. The molecule has 0 aromatic heterocycles.